The van der Waals surface area contributed by atoms with E-state index in [9.17, 15) is 9.59 Å². The molecular weight excluding hydrogens is 170 g/mol. The molecule has 0 fully saturated rings. The highest BCUT2D eigenvalue weighted by molar-refractivity contribution is 5.49. The summed E-state index contributed by atoms with van der Waals surface area (Å²) in [5.74, 6) is 0. The Balaban J connectivity index is 3.45. The molecule has 2 unspecified atom stereocenters. The second kappa shape index (κ2) is 7.73. The molecule has 0 aromatic rings. The van der Waals surface area contributed by atoms with Crippen molar-refractivity contribution in [2.75, 3.05) is 6.54 Å². The summed E-state index contributed by atoms with van der Waals surface area (Å²) in [6.07, 6.45) is 2.84. The molecule has 4 nitrogen and oxygen atoms in total. The van der Waals surface area contributed by atoms with Crippen molar-refractivity contribution in [3.8, 4) is 0 Å². The fraction of sp³-hybridized carbons (Fsp3) is 0.778. The highest BCUT2D eigenvalue weighted by atomic mass is 16.5. The predicted molar refractivity (Wildman–Crippen MR) is 49.4 cm³/mol. The minimum Gasteiger partial charge on any atom is -0.374 e. The molecule has 2 atom stereocenters. The van der Waals surface area contributed by atoms with Crippen LogP contribution in [0.15, 0.2) is 0 Å². The Kier molecular flexibility index (Phi) is 7.20. The van der Waals surface area contributed by atoms with E-state index in [2.05, 4.69) is 5.32 Å². The molecule has 0 aliphatic heterocycles. The van der Waals surface area contributed by atoms with Crippen molar-refractivity contribution >= 4 is 12.7 Å². The van der Waals surface area contributed by atoms with E-state index in [0.717, 1.165) is 12.7 Å². The van der Waals surface area contributed by atoms with E-state index in [4.69, 9.17) is 4.74 Å². The third-order valence-electron chi connectivity index (χ3n) is 1.64. The fourth-order valence-corrected chi connectivity index (χ4v) is 1.03. The van der Waals surface area contributed by atoms with Crippen molar-refractivity contribution in [1.82, 2.24) is 5.32 Å². The maximum atomic E-state index is 10.1. The van der Waals surface area contributed by atoms with Gasteiger partial charge in [-0.1, -0.05) is 0 Å². The van der Waals surface area contributed by atoms with Gasteiger partial charge in [0.15, 0.2) is 0 Å². The number of hydrogen-bond donors (Lipinski definition) is 1. The summed E-state index contributed by atoms with van der Waals surface area (Å²) in [5.41, 5.74) is 0. The molecule has 0 aromatic heterocycles. The number of hydrogen-bond acceptors (Lipinski definition) is 3. The Morgan fingerprint density at radius 3 is 2.54 bits per heavy atom. The van der Waals surface area contributed by atoms with Crippen LogP contribution in [0, 0.1) is 0 Å². The van der Waals surface area contributed by atoms with Crippen LogP contribution in [0.5, 0.6) is 0 Å². The number of rotatable bonds is 8. The van der Waals surface area contributed by atoms with E-state index in [1.807, 2.05) is 13.8 Å². The van der Waals surface area contributed by atoms with Gasteiger partial charge in [-0.15, -0.1) is 0 Å². The number of carbonyl (C=O) groups is 2. The normalized spacial score (nSPS) is 14.6. The Bertz CT molecular complexity index is 134. The lowest BCUT2D eigenvalue weighted by Gasteiger charge is -2.17. The first kappa shape index (κ1) is 12.1. The minimum absolute atomic E-state index is 0.00754. The molecule has 0 saturated heterocycles. The van der Waals surface area contributed by atoms with Crippen LogP contribution in [-0.4, -0.2) is 31.4 Å². The summed E-state index contributed by atoms with van der Waals surface area (Å²) in [6, 6.07) is 0. The standard InChI is InChI=1S/C9H17NO3/c1-8(4-3-5-11)13-9(2)6-10-7-12/h5,7-9H,3-4,6H2,1-2H3,(H,10,12). The second-order valence-corrected chi connectivity index (χ2v) is 3.03. The SMILES string of the molecule is CC(CCC=O)OC(C)CNC=O. The van der Waals surface area contributed by atoms with Gasteiger partial charge in [0.1, 0.15) is 6.29 Å². The number of aldehydes is 1. The van der Waals surface area contributed by atoms with Crippen LogP contribution in [0.25, 0.3) is 0 Å². The quantitative estimate of drug-likeness (QED) is 0.563. The van der Waals surface area contributed by atoms with Crippen molar-refractivity contribution < 1.29 is 14.3 Å². The van der Waals surface area contributed by atoms with Crippen molar-refractivity contribution in [2.45, 2.75) is 38.9 Å². The maximum absolute atomic E-state index is 10.1. The molecule has 0 aliphatic carbocycles. The number of nitrogens with one attached hydrogen (secondary N) is 1. The highest BCUT2D eigenvalue weighted by Crippen LogP contribution is 2.03. The third-order valence-corrected chi connectivity index (χ3v) is 1.64. The predicted octanol–water partition coefficient (Wildman–Crippen LogP) is 0.505. The lowest BCUT2D eigenvalue weighted by molar-refractivity contribution is -0.110. The number of carbonyl (C=O) groups excluding carboxylic acids is 2. The van der Waals surface area contributed by atoms with Crippen LogP contribution in [0.2, 0.25) is 0 Å². The topological polar surface area (TPSA) is 55.4 Å². The average Bonchev–Trinajstić information content (AvgIpc) is 2.11. The van der Waals surface area contributed by atoms with Crippen LogP contribution in [-0.2, 0) is 14.3 Å². The summed E-state index contributed by atoms with van der Waals surface area (Å²) in [6.45, 7) is 4.31. The van der Waals surface area contributed by atoms with Crippen molar-refractivity contribution in [1.29, 1.82) is 0 Å². The van der Waals surface area contributed by atoms with Gasteiger partial charge < -0.3 is 14.8 Å². The first-order chi connectivity index (χ1) is 6.20. The zero-order valence-corrected chi connectivity index (χ0v) is 8.16. The van der Waals surface area contributed by atoms with Gasteiger partial charge in [-0.05, 0) is 20.3 Å². The average molecular weight is 187 g/mol. The Hall–Kier alpha value is -0.900. The first-order valence-electron chi connectivity index (χ1n) is 4.46. The van der Waals surface area contributed by atoms with Crippen LogP contribution in [0.1, 0.15) is 26.7 Å². The summed E-state index contributed by atoms with van der Waals surface area (Å²) < 4.78 is 5.47. The van der Waals surface area contributed by atoms with E-state index in [-0.39, 0.29) is 12.2 Å². The van der Waals surface area contributed by atoms with Crippen LogP contribution in [0.3, 0.4) is 0 Å². The number of ether oxygens (including phenoxy) is 1. The highest BCUT2D eigenvalue weighted by Gasteiger charge is 2.07. The molecule has 13 heavy (non-hydrogen) atoms. The van der Waals surface area contributed by atoms with E-state index < -0.39 is 0 Å². The summed E-state index contributed by atoms with van der Waals surface area (Å²) >= 11 is 0. The van der Waals surface area contributed by atoms with Gasteiger partial charge >= 0.3 is 0 Å². The maximum Gasteiger partial charge on any atom is 0.207 e. The van der Waals surface area contributed by atoms with Gasteiger partial charge in [-0.2, -0.15) is 0 Å². The van der Waals surface area contributed by atoms with E-state index in [1.165, 1.54) is 0 Å². The largest absolute Gasteiger partial charge is 0.374 e. The Labute approximate surface area is 78.6 Å². The fourth-order valence-electron chi connectivity index (χ4n) is 1.03. The molecule has 0 heterocycles. The lowest BCUT2D eigenvalue weighted by atomic mass is 10.2. The van der Waals surface area contributed by atoms with Crippen molar-refractivity contribution in [3.05, 3.63) is 0 Å². The molecule has 0 saturated carbocycles. The third kappa shape index (κ3) is 7.46. The summed E-state index contributed by atoms with van der Waals surface area (Å²) in [7, 11) is 0. The molecule has 0 spiro atoms. The molecule has 76 valence electrons. The molecule has 0 aliphatic rings. The van der Waals surface area contributed by atoms with E-state index >= 15 is 0 Å². The van der Waals surface area contributed by atoms with Gasteiger partial charge in [0.05, 0.1) is 12.2 Å². The van der Waals surface area contributed by atoms with Crippen LogP contribution >= 0.6 is 0 Å². The second-order valence-electron chi connectivity index (χ2n) is 3.03. The van der Waals surface area contributed by atoms with E-state index in [1.54, 1.807) is 0 Å². The molecule has 1 amide bonds. The van der Waals surface area contributed by atoms with Gasteiger partial charge in [0.25, 0.3) is 0 Å². The summed E-state index contributed by atoms with van der Waals surface area (Å²) in [4.78, 5) is 20.0. The smallest absolute Gasteiger partial charge is 0.207 e. The van der Waals surface area contributed by atoms with E-state index in [0.29, 0.717) is 19.4 Å². The minimum atomic E-state index is -0.00754. The van der Waals surface area contributed by atoms with Gasteiger partial charge in [0, 0.05) is 13.0 Å². The first-order valence-corrected chi connectivity index (χ1v) is 4.46. The molecule has 0 aromatic carbocycles. The Morgan fingerprint density at radius 2 is 2.00 bits per heavy atom. The molecule has 0 rings (SSSR count). The monoisotopic (exact) mass is 187 g/mol. The molecule has 0 radical (unpaired) electrons. The van der Waals surface area contributed by atoms with Gasteiger partial charge in [-0.25, -0.2) is 0 Å². The Morgan fingerprint density at radius 1 is 1.31 bits per heavy atom. The van der Waals surface area contributed by atoms with Gasteiger partial charge in [0.2, 0.25) is 6.41 Å². The summed E-state index contributed by atoms with van der Waals surface area (Å²) in [5, 5.41) is 2.53. The zero-order valence-electron chi connectivity index (χ0n) is 8.16. The van der Waals surface area contributed by atoms with Crippen molar-refractivity contribution in [3.63, 3.8) is 0 Å². The van der Waals surface area contributed by atoms with Crippen LogP contribution in [0.4, 0.5) is 0 Å². The number of amides is 1. The zero-order chi connectivity index (χ0) is 10.1. The lowest BCUT2D eigenvalue weighted by Crippen LogP contribution is -2.28. The van der Waals surface area contributed by atoms with Gasteiger partial charge in [-0.3, -0.25) is 4.79 Å². The molecular formula is C9H17NO3. The van der Waals surface area contributed by atoms with Crippen LogP contribution < -0.4 is 5.32 Å². The molecule has 0 bridgehead atoms. The molecule has 4 heteroatoms. The van der Waals surface area contributed by atoms with Crippen molar-refractivity contribution in [2.24, 2.45) is 0 Å². The molecule has 1 N–H and O–H groups in total.